The molecule has 1 saturated heterocycles. The molecule has 0 spiro atoms. The fraction of sp³-hybridized carbons (Fsp3) is 0.696. The molecule has 1 N–H and O–H groups in total. The molecular formula is C23H30F3NO2. The van der Waals surface area contributed by atoms with Crippen molar-refractivity contribution in [2.75, 3.05) is 13.2 Å². The van der Waals surface area contributed by atoms with Crippen LogP contribution in [0.15, 0.2) is 18.2 Å². The van der Waals surface area contributed by atoms with Crippen molar-refractivity contribution in [2.45, 2.75) is 82.0 Å². The van der Waals surface area contributed by atoms with Gasteiger partial charge in [-0.1, -0.05) is 18.9 Å². The maximum absolute atomic E-state index is 13.1. The minimum Gasteiger partial charge on any atom is -0.381 e. The Hall–Kier alpha value is -1.40. The lowest BCUT2D eigenvalue weighted by atomic mass is 9.85. The van der Waals surface area contributed by atoms with E-state index in [1.54, 1.807) is 0 Å². The predicted octanol–water partition coefficient (Wildman–Crippen LogP) is 5.48. The van der Waals surface area contributed by atoms with Crippen LogP contribution >= 0.6 is 0 Å². The summed E-state index contributed by atoms with van der Waals surface area (Å²) in [5.41, 5.74) is 0.507. The molecule has 2 aliphatic carbocycles. The van der Waals surface area contributed by atoms with Crippen LogP contribution in [0.25, 0.3) is 0 Å². The highest BCUT2D eigenvalue weighted by Crippen LogP contribution is 2.44. The molecule has 0 bridgehead atoms. The molecule has 1 aromatic carbocycles. The van der Waals surface area contributed by atoms with E-state index < -0.39 is 11.7 Å². The second-order valence-corrected chi connectivity index (χ2v) is 9.34. The van der Waals surface area contributed by atoms with Crippen LogP contribution in [0.1, 0.15) is 85.7 Å². The third-order valence-corrected chi connectivity index (χ3v) is 6.86. The lowest BCUT2D eigenvalue weighted by molar-refractivity contribution is -0.137. The molecule has 3 aliphatic rings. The number of carbonyl (C=O) groups excluding carboxylic acids is 1. The Balaban J connectivity index is 1.50. The summed E-state index contributed by atoms with van der Waals surface area (Å²) in [6, 6.07) is 3.85. The summed E-state index contributed by atoms with van der Waals surface area (Å²) in [6.45, 7) is 3.47. The first-order valence-electron chi connectivity index (χ1n) is 10.8. The van der Waals surface area contributed by atoms with Crippen molar-refractivity contribution in [1.82, 2.24) is 5.32 Å². The molecule has 4 rings (SSSR count). The summed E-state index contributed by atoms with van der Waals surface area (Å²) in [5.74, 6) is 0.0905. The zero-order chi connectivity index (χ0) is 20.6. The van der Waals surface area contributed by atoms with Crippen LogP contribution in [0.5, 0.6) is 0 Å². The summed E-state index contributed by atoms with van der Waals surface area (Å²) in [4.78, 5) is 13.1. The summed E-state index contributed by atoms with van der Waals surface area (Å²) < 4.78 is 45.0. The first-order valence-corrected chi connectivity index (χ1v) is 10.8. The summed E-state index contributed by atoms with van der Waals surface area (Å²) in [5, 5.41) is 3.80. The Morgan fingerprint density at radius 2 is 1.93 bits per heavy atom. The fourth-order valence-corrected chi connectivity index (χ4v) is 5.01. The normalized spacial score (nSPS) is 27.2. The Labute approximate surface area is 170 Å². The van der Waals surface area contributed by atoms with Gasteiger partial charge in [0.15, 0.2) is 5.78 Å². The van der Waals surface area contributed by atoms with Gasteiger partial charge in [-0.15, -0.1) is 0 Å². The molecule has 1 aromatic rings. The van der Waals surface area contributed by atoms with Gasteiger partial charge in [0, 0.05) is 36.1 Å². The first kappa shape index (κ1) is 20.9. The van der Waals surface area contributed by atoms with Gasteiger partial charge in [-0.2, -0.15) is 13.2 Å². The van der Waals surface area contributed by atoms with Crippen molar-refractivity contribution in [3.63, 3.8) is 0 Å². The molecule has 1 heterocycles. The zero-order valence-corrected chi connectivity index (χ0v) is 17.0. The van der Waals surface area contributed by atoms with Crippen LogP contribution in [-0.4, -0.2) is 30.6 Å². The lowest BCUT2D eigenvalue weighted by Crippen LogP contribution is -2.52. The third kappa shape index (κ3) is 4.85. The molecule has 6 heteroatoms. The van der Waals surface area contributed by atoms with Gasteiger partial charge in [0.1, 0.15) is 0 Å². The van der Waals surface area contributed by atoms with Crippen molar-refractivity contribution < 1.29 is 22.7 Å². The number of alkyl halides is 3. The molecule has 3 fully saturated rings. The van der Waals surface area contributed by atoms with E-state index in [4.69, 9.17) is 4.74 Å². The number of rotatable bonds is 6. The van der Waals surface area contributed by atoms with Crippen molar-refractivity contribution in [3.8, 4) is 0 Å². The molecule has 0 amide bonds. The monoisotopic (exact) mass is 409 g/mol. The highest BCUT2D eigenvalue weighted by molar-refractivity contribution is 5.98. The van der Waals surface area contributed by atoms with Crippen LogP contribution in [0.4, 0.5) is 13.2 Å². The van der Waals surface area contributed by atoms with Crippen molar-refractivity contribution in [3.05, 3.63) is 34.9 Å². The van der Waals surface area contributed by atoms with Gasteiger partial charge in [-0.05, 0) is 62.6 Å². The smallest absolute Gasteiger partial charge is 0.381 e. The van der Waals surface area contributed by atoms with Crippen molar-refractivity contribution in [1.29, 1.82) is 0 Å². The van der Waals surface area contributed by atoms with Gasteiger partial charge in [0.25, 0.3) is 0 Å². The molecule has 2 atom stereocenters. The third-order valence-electron chi connectivity index (χ3n) is 6.86. The number of nitrogens with one attached hydrogen (secondary N) is 1. The minimum atomic E-state index is -4.38. The number of ether oxygens (including phenoxy) is 1. The molecular weight excluding hydrogens is 379 g/mol. The van der Waals surface area contributed by atoms with E-state index in [1.807, 2.05) is 0 Å². The number of hydrogen-bond donors (Lipinski definition) is 1. The molecule has 0 radical (unpaired) electrons. The van der Waals surface area contributed by atoms with Crippen LogP contribution in [-0.2, 0) is 10.9 Å². The lowest BCUT2D eigenvalue weighted by Gasteiger charge is -2.38. The second kappa shape index (κ2) is 8.03. The molecule has 1 aliphatic heterocycles. The van der Waals surface area contributed by atoms with E-state index in [1.165, 1.54) is 25.0 Å². The predicted molar refractivity (Wildman–Crippen MR) is 105 cm³/mol. The zero-order valence-electron chi connectivity index (χ0n) is 17.0. The van der Waals surface area contributed by atoms with E-state index in [9.17, 15) is 18.0 Å². The topological polar surface area (TPSA) is 38.3 Å². The molecule has 0 aromatic heterocycles. The number of benzene rings is 1. The number of carbonyl (C=O) groups is 1. The highest BCUT2D eigenvalue weighted by Gasteiger charge is 2.38. The van der Waals surface area contributed by atoms with Gasteiger partial charge < -0.3 is 10.1 Å². The number of hydrogen-bond acceptors (Lipinski definition) is 3. The quantitative estimate of drug-likeness (QED) is 0.632. The number of Topliss-reactive ketones (excluding diaryl/α,β-unsaturated/α-hetero) is 1. The van der Waals surface area contributed by atoms with E-state index in [0.717, 1.165) is 38.2 Å². The van der Waals surface area contributed by atoms with Gasteiger partial charge in [0.2, 0.25) is 0 Å². The Kier molecular flexibility index (Phi) is 5.77. The standard InChI is InChI=1S/C23H30F3NO2/c1-22(9-2-3-10-22)27-20-8-11-29-14-16(20)12-21(28)18-7-6-17(23(24,25)26)13-19(18)15-4-5-15/h6-7,13,15-16,20,27H,2-5,8-12,14H2,1H3/t16-,20-/m1/s1. The average Bonchev–Trinajstić information content (AvgIpc) is 3.43. The van der Waals surface area contributed by atoms with E-state index in [0.29, 0.717) is 30.8 Å². The van der Waals surface area contributed by atoms with Crippen LogP contribution < -0.4 is 5.32 Å². The average molecular weight is 409 g/mol. The van der Waals surface area contributed by atoms with E-state index in [-0.39, 0.29) is 29.2 Å². The minimum absolute atomic E-state index is 0.0560. The first-order chi connectivity index (χ1) is 13.8. The maximum atomic E-state index is 13.1. The van der Waals surface area contributed by atoms with Gasteiger partial charge in [0.05, 0.1) is 12.2 Å². The van der Waals surface area contributed by atoms with Crippen LogP contribution in [0, 0.1) is 5.92 Å². The molecule has 3 nitrogen and oxygen atoms in total. The molecule has 0 unspecified atom stereocenters. The second-order valence-electron chi connectivity index (χ2n) is 9.34. The number of halogens is 3. The summed E-state index contributed by atoms with van der Waals surface area (Å²) in [6.07, 6.45) is 3.28. The van der Waals surface area contributed by atoms with Gasteiger partial charge >= 0.3 is 6.18 Å². The Bertz CT molecular complexity index is 751. The molecule has 2 saturated carbocycles. The van der Waals surface area contributed by atoms with Crippen LogP contribution in [0.2, 0.25) is 0 Å². The Morgan fingerprint density at radius 3 is 2.59 bits per heavy atom. The van der Waals surface area contributed by atoms with E-state index in [2.05, 4.69) is 12.2 Å². The van der Waals surface area contributed by atoms with Crippen LogP contribution in [0.3, 0.4) is 0 Å². The molecule has 160 valence electrons. The largest absolute Gasteiger partial charge is 0.416 e. The fourth-order valence-electron chi connectivity index (χ4n) is 5.01. The van der Waals surface area contributed by atoms with Gasteiger partial charge in [-0.3, -0.25) is 4.79 Å². The van der Waals surface area contributed by atoms with E-state index >= 15 is 0 Å². The van der Waals surface area contributed by atoms with Crippen molar-refractivity contribution >= 4 is 5.78 Å². The highest BCUT2D eigenvalue weighted by atomic mass is 19.4. The Morgan fingerprint density at radius 1 is 1.21 bits per heavy atom. The molecule has 29 heavy (non-hydrogen) atoms. The SMILES string of the molecule is CC1(N[C@@H]2CCOC[C@H]2CC(=O)c2ccc(C(F)(F)F)cc2C2CC2)CCCC1. The maximum Gasteiger partial charge on any atom is 0.416 e. The number of ketones is 1. The van der Waals surface area contributed by atoms with Gasteiger partial charge in [-0.25, -0.2) is 0 Å². The van der Waals surface area contributed by atoms with Crippen molar-refractivity contribution in [2.24, 2.45) is 5.92 Å². The summed E-state index contributed by atoms with van der Waals surface area (Å²) in [7, 11) is 0. The summed E-state index contributed by atoms with van der Waals surface area (Å²) >= 11 is 0.